The average Bonchev–Trinajstić information content (AvgIpc) is 2.77. The van der Waals surface area contributed by atoms with Crippen LogP contribution in [0.2, 0.25) is 0 Å². The predicted octanol–water partition coefficient (Wildman–Crippen LogP) is -0.864. The van der Waals surface area contributed by atoms with Crippen LogP contribution < -0.4 is 0 Å². The maximum absolute atomic E-state index is 12.0. The van der Waals surface area contributed by atoms with Gasteiger partial charge in [0.2, 0.25) is 0 Å². The smallest absolute Gasteiger partial charge is 0.347 e. The summed E-state index contributed by atoms with van der Waals surface area (Å²) >= 11 is 0. The van der Waals surface area contributed by atoms with Gasteiger partial charge in [0.15, 0.2) is 36.6 Å². The van der Waals surface area contributed by atoms with E-state index in [1.54, 1.807) is 0 Å². The number of esters is 6. The van der Waals surface area contributed by atoms with Crippen LogP contribution in [0, 0.1) is 0 Å². The van der Waals surface area contributed by atoms with E-state index in [2.05, 4.69) is 9.47 Å². The van der Waals surface area contributed by atoms with Crippen molar-refractivity contribution in [2.45, 2.75) is 84.6 Å². The van der Waals surface area contributed by atoms with E-state index in [9.17, 15) is 38.4 Å². The van der Waals surface area contributed by atoms with Crippen LogP contribution in [0.4, 0.5) is 0 Å². The molecular weight excluding hydrogens is 508 g/mol. The lowest BCUT2D eigenvalue weighted by Crippen LogP contribution is -2.36. The Hall–Kier alpha value is -4.24. The first kappa shape index (κ1) is 32.8. The van der Waals surface area contributed by atoms with Crippen molar-refractivity contribution < 1.29 is 77.0 Å². The predicted molar refractivity (Wildman–Crippen MR) is 113 cm³/mol. The van der Waals surface area contributed by atoms with Crippen LogP contribution >= 0.6 is 0 Å². The van der Waals surface area contributed by atoms with Gasteiger partial charge in [-0.3, -0.25) is 9.59 Å². The highest BCUT2D eigenvalue weighted by Crippen LogP contribution is 2.07. The number of hydrogen-bond acceptors (Lipinski definition) is 14. The average molecular weight is 536 g/mol. The van der Waals surface area contributed by atoms with Crippen molar-refractivity contribution in [3.63, 3.8) is 0 Å². The second-order valence-corrected chi connectivity index (χ2v) is 7.43. The summed E-state index contributed by atoms with van der Waals surface area (Å²) in [4.78, 5) is 92.4. The van der Waals surface area contributed by atoms with E-state index in [0.717, 1.165) is 41.5 Å². The number of ether oxygens (including phenoxy) is 6. The minimum absolute atomic E-state index is 1.04. The summed E-state index contributed by atoms with van der Waals surface area (Å²) in [5.41, 5.74) is 0. The normalized spacial score (nSPS) is 15.3. The number of rotatable bonds is 14. The molecule has 37 heavy (non-hydrogen) atoms. The molecule has 0 aromatic rings. The van der Waals surface area contributed by atoms with Gasteiger partial charge in [0.05, 0.1) is 0 Å². The molecule has 0 aliphatic heterocycles. The largest absolute Gasteiger partial charge is 0.479 e. The Balaban J connectivity index is 4.61. The number of carboxylic acid groups (broad SMARTS) is 2. The van der Waals surface area contributed by atoms with Gasteiger partial charge in [-0.15, -0.1) is 0 Å². The molecule has 0 bridgehead atoms. The minimum atomic E-state index is -1.59. The molecule has 2 N–H and O–H groups in total. The van der Waals surface area contributed by atoms with Crippen molar-refractivity contribution in [2.24, 2.45) is 0 Å². The minimum Gasteiger partial charge on any atom is -0.479 e. The molecule has 0 saturated heterocycles. The Morgan fingerprint density at radius 1 is 0.432 bits per heavy atom. The van der Waals surface area contributed by atoms with Crippen LogP contribution in [0.1, 0.15) is 48.0 Å². The summed E-state index contributed by atoms with van der Waals surface area (Å²) in [6.07, 6.45) is -10.3. The fraction of sp³-hybridized carbons (Fsp3) is 0.619. The Kier molecular flexibility index (Phi) is 13.3. The highest BCUT2D eigenvalue weighted by Gasteiger charge is 2.30. The van der Waals surface area contributed by atoms with E-state index in [1.807, 2.05) is 0 Å². The number of carbonyl (C=O) groups is 8. The molecule has 0 aliphatic carbocycles. The van der Waals surface area contributed by atoms with Crippen molar-refractivity contribution in [3.8, 4) is 0 Å². The van der Waals surface area contributed by atoms with Crippen LogP contribution in [0.25, 0.3) is 0 Å². The van der Waals surface area contributed by atoms with E-state index in [4.69, 9.17) is 29.2 Å². The first-order valence-electron chi connectivity index (χ1n) is 10.6. The van der Waals surface area contributed by atoms with Crippen molar-refractivity contribution in [3.05, 3.63) is 0 Å². The Morgan fingerprint density at radius 2 is 0.649 bits per heavy atom. The fourth-order valence-corrected chi connectivity index (χ4v) is 1.97. The molecule has 0 amide bonds. The molecule has 0 radical (unpaired) electrons. The highest BCUT2D eigenvalue weighted by atomic mass is 16.6. The van der Waals surface area contributed by atoms with E-state index in [0.29, 0.717) is 0 Å². The molecule has 0 aromatic carbocycles. The van der Waals surface area contributed by atoms with Gasteiger partial charge < -0.3 is 38.6 Å². The second-order valence-electron chi connectivity index (χ2n) is 7.43. The number of carbonyl (C=O) groups excluding carboxylic acids is 6. The summed E-state index contributed by atoms with van der Waals surface area (Å²) in [5.74, 6) is -10.1. The maximum atomic E-state index is 12.0. The van der Waals surface area contributed by atoms with Crippen LogP contribution in [0.5, 0.6) is 0 Å². The zero-order valence-corrected chi connectivity index (χ0v) is 20.8. The molecule has 16 nitrogen and oxygen atoms in total. The van der Waals surface area contributed by atoms with Crippen LogP contribution in [-0.2, 0) is 66.8 Å². The highest BCUT2D eigenvalue weighted by molar-refractivity contribution is 5.93. The molecule has 6 atom stereocenters. The van der Waals surface area contributed by atoms with Gasteiger partial charge in [-0.05, 0) is 41.5 Å². The first-order chi connectivity index (χ1) is 17.0. The molecule has 0 heterocycles. The van der Waals surface area contributed by atoms with Crippen molar-refractivity contribution in [1.82, 2.24) is 0 Å². The third-order valence-corrected chi connectivity index (χ3v) is 4.10. The summed E-state index contributed by atoms with van der Waals surface area (Å²) in [6.45, 7) is 6.47. The summed E-state index contributed by atoms with van der Waals surface area (Å²) in [5, 5.41) is 17.4. The molecule has 0 fully saturated rings. The first-order valence-corrected chi connectivity index (χ1v) is 10.6. The van der Waals surface area contributed by atoms with E-state index in [1.165, 1.54) is 0 Å². The zero-order chi connectivity index (χ0) is 29.0. The van der Waals surface area contributed by atoms with Crippen molar-refractivity contribution in [2.75, 3.05) is 0 Å². The maximum Gasteiger partial charge on any atom is 0.347 e. The molecule has 0 rings (SSSR count). The molecule has 6 unspecified atom stereocenters. The molecular formula is C21H28O16. The van der Waals surface area contributed by atoms with Gasteiger partial charge in [0, 0.05) is 0 Å². The number of aliphatic carboxylic acids is 2. The van der Waals surface area contributed by atoms with Gasteiger partial charge in [0.1, 0.15) is 6.42 Å². The van der Waals surface area contributed by atoms with Crippen molar-refractivity contribution >= 4 is 47.8 Å². The van der Waals surface area contributed by atoms with Gasteiger partial charge >= 0.3 is 47.8 Å². The third-order valence-electron chi connectivity index (χ3n) is 4.10. The van der Waals surface area contributed by atoms with Crippen LogP contribution in [0.3, 0.4) is 0 Å². The van der Waals surface area contributed by atoms with Crippen LogP contribution in [-0.4, -0.2) is 94.6 Å². The van der Waals surface area contributed by atoms with Gasteiger partial charge in [-0.2, -0.15) is 0 Å². The Bertz CT molecular complexity index is 836. The molecule has 208 valence electrons. The van der Waals surface area contributed by atoms with E-state index in [-0.39, 0.29) is 0 Å². The SMILES string of the molecule is CC(OC(=O)C(C)OC(=O)C(C)OC(=O)CC(=O)OC(C)C(=O)OC(C)C(=O)OC(C)C(=O)O)C(=O)O. The van der Waals surface area contributed by atoms with Gasteiger partial charge in [-0.1, -0.05) is 0 Å². The fourth-order valence-electron chi connectivity index (χ4n) is 1.97. The lowest BCUT2D eigenvalue weighted by molar-refractivity contribution is -0.183. The van der Waals surface area contributed by atoms with Crippen LogP contribution in [0.15, 0.2) is 0 Å². The Morgan fingerprint density at radius 3 is 0.892 bits per heavy atom. The molecule has 16 heteroatoms. The monoisotopic (exact) mass is 536 g/mol. The van der Waals surface area contributed by atoms with Gasteiger partial charge in [-0.25, -0.2) is 28.8 Å². The summed E-state index contributed by atoms with van der Waals surface area (Å²) in [7, 11) is 0. The lowest BCUT2D eigenvalue weighted by atomic mass is 10.3. The molecule has 0 aromatic heterocycles. The molecule has 0 aliphatic rings. The van der Waals surface area contributed by atoms with Gasteiger partial charge in [0.25, 0.3) is 0 Å². The quantitative estimate of drug-likeness (QED) is 0.156. The third kappa shape index (κ3) is 12.3. The number of carboxylic acids is 2. The zero-order valence-electron chi connectivity index (χ0n) is 20.8. The number of hydrogen-bond donors (Lipinski definition) is 2. The summed E-state index contributed by atoms with van der Waals surface area (Å²) in [6, 6.07) is 0. The molecule has 0 saturated carbocycles. The second kappa shape index (κ2) is 15.0. The van der Waals surface area contributed by atoms with E-state index < -0.39 is 90.8 Å². The topological polar surface area (TPSA) is 232 Å². The standard InChI is InChI=1S/C21H28O16/c1-8(16(24)25)34-20(30)12(5)36-18(28)10(3)32-14(22)7-15(23)33-11(4)19(29)37-13(6)21(31)35-9(2)17(26)27/h8-13H,7H2,1-6H3,(H,24,25)(H,26,27). The lowest BCUT2D eigenvalue weighted by Gasteiger charge is -2.18. The summed E-state index contributed by atoms with van der Waals surface area (Å²) < 4.78 is 27.9. The van der Waals surface area contributed by atoms with E-state index >= 15 is 0 Å². The Labute approximate surface area is 210 Å². The van der Waals surface area contributed by atoms with Crippen molar-refractivity contribution in [1.29, 1.82) is 0 Å². The molecule has 0 spiro atoms.